The Hall–Kier alpha value is -3.03. The van der Waals surface area contributed by atoms with E-state index in [2.05, 4.69) is 10.6 Å². The van der Waals surface area contributed by atoms with Gasteiger partial charge < -0.3 is 16.4 Å². The molecule has 0 saturated heterocycles. The number of amides is 3. The van der Waals surface area contributed by atoms with Crippen molar-refractivity contribution in [2.24, 2.45) is 5.73 Å². The topological polar surface area (TPSA) is 84.2 Å². The lowest BCUT2D eigenvalue weighted by molar-refractivity contribution is -0.137. The zero-order valence-corrected chi connectivity index (χ0v) is 13.7. The predicted molar refractivity (Wildman–Crippen MR) is 89.9 cm³/mol. The van der Waals surface area contributed by atoms with E-state index < -0.39 is 29.7 Å². The molecule has 26 heavy (non-hydrogen) atoms. The molecule has 4 N–H and O–H groups in total. The lowest BCUT2D eigenvalue weighted by atomic mass is 10.1. The molecule has 0 fully saturated rings. The average Bonchev–Trinajstić information content (AvgIpc) is 2.59. The van der Waals surface area contributed by atoms with E-state index in [1.54, 1.807) is 24.3 Å². The first-order valence-electron chi connectivity index (χ1n) is 7.79. The van der Waals surface area contributed by atoms with Gasteiger partial charge in [0.1, 0.15) is 6.04 Å². The van der Waals surface area contributed by atoms with Crippen LogP contribution < -0.4 is 16.4 Å². The molecule has 0 heterocycles. The Kier molecular flexibility index (Phi) is 6.21. The van der Waals surface area contributed by atoms with Crippen molar-refractivity contribution >= 4 is 11.9 Å². The minimum Gasteiger partial charge on any atom is -0.352 e. The molecule has 2 rings (SSSR count). The van der Waals surface area contributed by atoms with Gasteiger partial charge in [0.05, 0.1) is 5.56 Å². The first-order chi connectivity index (χ1) is 12.3. The molecule has 0 radical (unpaired) electrons. The molecular formula is C18H18F3N3O2. The van der Waals surface area contributed by atoms with E-state index >= 15 is 0 Å². The van der Waals surface area contributed by atoms with E-state index in [0.717, 1.165) is 17.7 Å². The summed E-state index contributed by atoms with van der Waals surface area (Å²) in [5.41, 5.74) is 5.42. The highest BCUT2D eigenvalue weighted by atomic mass is 19.4. The summed E-state index contributed by atoms with van der Waals surface area (Å²) in [5, 5.41) is 4.87. The summed E-state index contributed by atoms with van der Waals surface area (Å²) in [7, 11) is 0. The maximum Gasteiger partial charge on any atom is 0.416 e. The third-order valence-electron chi connectivity index (χ3n) is 3.64. The van der Waals surface area contributed by atoms with Crippen LogP contribution in [0.2, 0.25) is 0 Å². The zero-order chi connectivity index (χ0) is 19.2. The van der Waals surface area contributed by atoms with Gasteiger partial charge in [-0.05, 0) is 23.3 Å². The standard InChI is InChI=1S/C18H18F3N3O2/c19-18(20,21)14-8-4-7-13(9-14)11-23-16(25)15(24-17(22)26)10-12-5-2-1-3-6-12/h1-9,15H,10-11H2,(H,23,25)(H3,22,24,26). The van der Waals surface area contributed by atoms with Crippen LogP contribution >= 0.6 is 0 Å². The third kappa shape index (κ3) is 5.80. The molecule has 0 bridgehead atoms. The Morgan fingerprint density at radius 2 is 1.65 bits per heavy atom. The SMILES string of the molecule is NC(=O)NC(Cc1ccccc1)C(=O)NCc1cccc(C(F)(F)F)c1. The van der Waals surface area contributed by atoms with Gasteiger partial charge in [-0.3, -0.25) is 4.79 Å². The zero-order valence-electron chi connectivity index (χ0n) is 13.7. The van der Waals surface area contributed by atoms with Crippen LogP contribution in [-0.2, 0) is 23.9 Å². The van der Waals surface area contributed by atoms with Crippen LogP contribution in [0.5, 0.6) is 0 Å². The Morgan fingerprint density at radius 1 is 1.00 bits per heavy atom. The Labute approximate surface area is 148 Å². The van der Waals surface area contributed by atoms with Crippen LogP contribution in [0.3, 0.4) is 0 Å². The number of alkyl halides is 3. The van der Waals surface area contributed by atoms with E-state index in [0.29, 0.717) is 5.56 Å². The van der Waals surface area contributed by atoms with Gasteiger partial charge in [0.2, 0.25) is 5.91 Å². The van der Waals surface area contributed by atoms with Crippen molar-refractivity contribution in [1.82, 2.24) is 10.6 Å². The molecule has 1 atom stereocenters. The normalized spacial score (nSPS) is 12.3. The van der Waals surface area contributed by atoms with E-state index in [1.165, 1.54) is 12.1 Å². The van der Waals surface area contributed by atoms with Gasteiger partial charge in [-0.25, -0.2) is 4.79 Å². The van der Waals surface area contributed by atoms with Gasteiger partial charge in [-0.2, -0.15) is 13.2 Å². The third-order valence-corrected chi connectivity index (χ3v) is 3.64. The van der Waals surface area contributed by atoms with E-state index in [4.69, 9.17) is 5.73 Å². The van der Waals surface area contributed by atoms with Crippen molar-refractivity contribution < 1.29 is 22.8 Å². The van der Waals surface area contributed by atoms with E-state index in [-0.39, 0.29) is 13.0 Å². The van der Waals surface area contributed by atoms with Crippen molar-refractivity contribution in [3.63, 3.8) is 0 Å². The Morgan fingerprint density at radius 3 is 2.27 bits per heavy atom. The largest absolute Gasteiger partial charge is 0.416 e. The van der Waals surface area contributed by atoms with Crippen LogP contribution in [0, 0.1) is 0 Å². The molecular weight excluding hydrogens is 347 g/mol. The minimum atomic E-state index is -4.45. The highest BCUT2D eigenvalue weighted by Gasteiger charge is 2.30. The molecule has 8 heteroatoms. The summed E-state index contributed by atoms with van der Waals surface area (Å²) < 4.78 is 38.2. The number of urea groups is 1. The van der Waals surface area contributed by atoms with Crippen molar-refractivity contribution in [3.8, 4) is 0 Å². The number of carbonyl (C=O) groups is 2. The number of nitrogens with two attached hydrogens (primary N) is 1. The predicted octanol–water partition coefficient (Wildman–Crippen LogP) is 2.60. The number of carbonyl (C=O) groups excluding carboxylic acids is 2. The average molecular weight is 365 g/mol. The Balaban J connectivity index is 2.04. The second-order valence-electron chi connectivity index (χ2n) is 5.67. The smallest absolute Gasteiger partial charge is 0.352 e. The summed E-state index contributed by atoms with van der Waals surface area (Å²) in [6.45, 7) is -0.103. The number of halogens is 3. The maximum atomic E-state index is 12.7. The van der Waals surface area contributed by atoms with Crippen LogP contribution in [0.25, 0.3) is 0 Å². The molecule has 138 valence electrons. The van der Waals surface area contributed by atoms with Gasteiger partial charge in [0.15, 0.2) is 0 Å². The highest BCUT2D eigenvalue weighted by Crippen LogP contribution is 2.29. The van der Waals surface area contributed by atoms with Gasteiger partial charge in [0.25, 0.3) is 0 Å². The highest BCUT2D eigenvalue weighted by molar-refractivity contribution is 5.86. The van der Waals surface area contributed by atoms with Gasteiger partial charge in [0, 0.05) is 13.0 Å². The summed E-state index contributed by atoms with van der Waals surface area (Å²) in [4.78, 5) is 23.5. The molecule has 3 amide bonds. The van der Waals surface area contributed by atoms with E-state index in [9.17, 15) is 22.8 Å². The lowest BCUT2D eigenvalue weighted by Crippen LogP contribution is -2.49. The number of hydrogen-bond donors (Lipinski definition) is 3. The Bertz CT molecular complexity index is 764. The second-order valence-corrected chi connectivity index (χ2v) is 5.67. The molecule has 5 nitrogen and oxygen atoms in total. The van der Waals surface area contributed by atoms with Gasteiger partial charge >= 0.3 is 12.2 Å². The van der Waals surface area contributed by atoms with Crippen LogP contribution in [-0.4, -0.2) is 18.0 Å². The van der Waals surface area contributed by atoms with Gasteiger partial charge in [-0.1, -0.05) is 42.5 Å². The van der Waals surface area contributed by atoms with Crippen LogP contribution in [0.4, 0.5) is 18.0 Å². The molecule has 2 aromatic rings. The second kappa shape index (κ2) is 8.37. The fraction of sp³-hybridized carbons (Fsp3) is 0.222. The number of benzene rings is 2. The van der Waals surface area contributed by atoms with Crippen LogP contribution in [0.1, 0.15) is 16.7 Å². The summed E-state index contributed by atoms with van der Waals surface area (Å²) >= 11 is 0. The summed E-state index contributed by atoms with van der Waals surface area (Å²) in [5.74, 6) is -0.537. The van der Waals surface area contributed by atoms with Crippen molar-refractivity contribution in [1.29, 1.82) is 0 Å². The molecule has 0 aliphatic heterocycles. The molecule has 0 aliphatic carbocycles. The van der Waals surface area contributed by atoms with Crippen LogP contribution in [0.15, 0.2) is 54.6 Å². The number of hydrogen-bond acceptors (Lipinski definition) is 2. The monoisotopic (exact) mass is 365 g/mol. The molecule has 0 spiro atoms. The number of nitrogens with one attached hydrogen (secondary N) is 2. The fourth-order valence-corrected chi connectivity index (χ4v) is 2.40. The molecule has 1 unspecified atom stereocenters. The maximum absolute atomic E-state index is 12.7. The van der Waals surface area contributed by atoms with E-state index in [1.807, 2.05) is 6.07 Å². The number of rotatable bonds is 6. The van der Waals surface area contributed by atoms with Crippen molar-refractivity contribution in [2.45, 2.75) is 25.2 Å². The molecule has 0 aromatic heterocycles. The molecule has 2 aromatic carbocycles. The lowest BCUT2D eigenvalue weighted by Gasteiger charge is -2.18. The van der Waals surface area contributed by atoms with Gasteiger partial charge in [-0.15, -0.1) is 0 Å². The molecule has 0 aliphatic rings. The quantitative estimate of drug-likeness (QED) is 0.735. The first-order valence-corrected chi connectivity index (χ1v) is 7.79. The van der Waals surface area contributed by atoms with Crippen molar-refractivity contribution in [2.75, 3.05) is 0 Å². The summed E-state index contributed by atoms with van der Waals surface area (Å²) in [6.07, 6.45) is -4.25. The minimum absolute atomic E-state index is 0.103. The number of primary amides is 1. The van der Waals surface area contributed by atoms with Crippen molar-refractivity contribution in [3.05, 3.63) is 71.3 Å². The first kappa shape index (κ1) is 19.3. The summed E-state index contributed by atoms with van der Waals surface area (Å²) in [6, 6.07) is 11.8. The molecule has 0 saturated carbocycles. The fourth-order valence-electron chi connectivity index (χ4n) is 2.40.